The van der Waals surface area contributed by atoms with E-state index in [1.807, 2.05) is 26.0 Å². The lowest BCUT2D eigenvalue weighted by Gasteiger charge is -2.10. The predicted octanol–water partition coefficient (Wildman–Crippen LogP) is 3.42. The Kier molecular flexibility index (Phi) is 4.46. The zero-order valence-electron chi connectivity index (χ0n) is 17.2. The summed E-state index contributed by atoms with van der Waals surface area (Å²) in [6, 6.07) is 9.92. The largest absolute Gasteiger partial charge is 0.457 e. The quantitative estimate of drug-likeness (QED) is 0.375. The molecule has 0 aliphatic carbocycles. The van der Waals surface area contributed by atoms with Gasteiger partial charge < -0.3 is 9.15 Å². The smallest absolute Gasteiger partial charge is 0.338 e. The number of aryl methyl sites for hydroxylation is 3. The van der Waals surface area contributed by atoms with Crippen molar-refractivity contribution in [2.45, 2.75) is 39.8 Å². The average Bonchev–Trinajstić information content (AvgIpc) is 3.23. The van der Waals surface area contributed by atoms with E-state index in [0.717, 1.165) is 35.2 Å². The van der Waals surface area contributed by atoms with Crippen LogP contribution in [-0.2, 0) is 24.3 Å². The van der Waals surface area contributed by atoms with Crippen molar-refractivity contribution in [2.75, 3.05) is 0 Å². The van der Waals surface area contributed by atoms with Crippen molar-refractivity contribution in [1.29, 1.82) is 0 Å². The normalized spacial score (nSPS) is 13.0. The second-order valence-electron chi connectivity index (χ2n) is 7.87. The van der Waals surface area contributed by atoms with E-state index in [4.69, 9.17) is 9.15 Å². The van der Waals surface area contributed by atoms with E-state index in [1.165, 1.54) is 6.07 Å². The lowest BCUT2D eigenvalue weighted by Crippen LogP contribution is -2.21. The number of fused-ring (bicyclic) bond motifs is 3. The van der Waals surface area contributed by atoms with Gasteiger partial charge >= 0.3 is 11.6 Å². The molecule has 0 radical (unpaired) electrons. The molecule has 156 valence electrons. The summed E-state index contributed by atoms with van der Waals surface area (Å²) in [4.78, 5) is 41.8. The molecule has 0 fully saturated rings. The maximum Gasteiger partial charge on any atom is 0.338 e. The highest BCUT2D eigenvalue weighted by Crippen LogP contribution is 2.24. The Morgan fingerprint density at radius 2 is 1.94 bits per heavy atom. The monoisotopic (exact) mass is 416 g/mol. The number of benzene rings is 2. The molecule has 5 rings (SSSR count). The minimum Gasteiger partial charge on any atom is -0.457 e. The number of carbonyl (C=O) groups is 1. The first-order chi connectivity index (χ1) is 14.9. The molecule has 0 N–H and O–H groups in total. The number of hydrogen-bond donors (Lipinski definition) is 0. The molecular formula is C24H20N2O5. The van der Waals surface area contributed by atoms with Gasteiger partial charge in [0, 0.05) is 30.0 Å². The fourth-order valence-electron chi connectivity index (χ4n) is 4.08. The van der Waals surface area contributed by atoms with Gasteiger partial charge in [0.05, 0.1) is 16.5 Å². The van der Waals surface area contributed by atoms with Gasteiger partial charge in [-0.15, -0.1) is 0 Å². The Morgan fingerprint density at radius 3 is 2.77 bits per heavy atom. The van der Waals surface area contributed by atoms with Crippen LogP contribution in [0.4, 0.5) is 0 Å². The van der Waals surface area contributed by atoms with Gasteiger partial charge in [-0.05, 0) is 49.6 Å². The van der Waals surface area contributed by atoms with Gasteiger partial charge in [0.1, 0.15) is 18.0 Å². The SMILES string of the molecule is Cc1ccc2c(COC(=O)c3ccc4c(=O)n5c(nc4c3)CCC5)cc(=O)oc2c1C. The second-order valence-corrected chi connectivity index (χ2v) is 7.87. The van der Waals surface area contributed by atoms with Crippen LogP contribution in [0.25, 0.3) is 21.9 Å². The summed E-state index contributed by atoms with van der Waals surface area (Å²) in [5, 5.41) is 1.22. The molecule has 0 saturated heterocycles. The number of aromatic nitrogens is 2. The van der Waals surface area contributed by atoms with Gasteiger partial charge in [-0.1, -0.05) is 12.1 Å². The summed E-state index contributed by atoms with van der Waals surface area (Å²) in [5.41, 5.74) is 3.20. The van der Waals surface area contributed by atoms with E-state index in [-0.39, 0.29) is 12.2 Å². The number of esters is 1. The number of nitrogens with zero attached hydrogens (tertiary/aromatic N) is 2. The number of carbonyl (C=O) groups excluding carboxylic acids is 1. The van der Waals surface area contributed by atoms with Crippen LogP contribution < -0.4 is 11.2 Å². The van der Waals surface area contributed by atoms with Crippen molar-refractivity contribution in [3.8, 4) is 0 Å². The highest BCUT2D eigenvalue weighted by atomic mass is 16.5. The van der Waals surface area contributed by atoms with Crippen LogP contribution in [-0.4, -0.2) is 15.5 Å². The second kappa shape index (κ2) is 7.19. The molecule has 7 nitrogen and oxygen atoms in total. The molecule has 1 aliphatic rings. The third-order valence-electron chi connectivity index (χ3n) is 5.93. The topological polar surface area (TPSA) is 91.4 Å². The Labute approximate surface area is 176 Å². The minimum atomic E-state index is -0.547. The maximum absolute atomic E-state index is 12.7. The van der Waals surface area contributed by atoms with Gasteiger partial charge in [0.2, 0.25) is 0 Å². The molecule has 0 saturated carbocycles. The van der Waals surface area contributed by atoms with E-state index in [0.29, 0.717) is 34.2 Å². The van der Waals surface area contributed by atoms with Crippen LogP contribution in [0.2, 0.25) is 0 Å². The molecule has 7 heteroatoms. The first kappa shape index (κ1) is 19.2. The van der Waals surface area contributed by atoms with Crippen LogP contribution in [0.15, 0.2) is 50.4 Å². The van der Waals surface area contributed by atoms with Gasteiger partial charge in [0.25, 0.3) is 5.56 Å². The van der Waals surface area contributed by atoms with Crippen LogP contribution in [0, 0.1) is 13.8 Å². The number of hydrogen-bond acceptors (Lipinski definition) is 6. The molecule has 31 heavy (non-hydrogen) atoms. The summed E-state index contributed by atoms with van der Waals surface area (Å²) >= 11 is 0. The molecule has 2 aromatic heterocycles. The predicted molar refractivity (Wildman–Crippen MR) is 115 cm³/mol. The van der Waals surface area contributed by atoms with Crippen LogP contribution in [0.5, 0.6) is 0 Å². The molecule has 0 bridgehead atoms. The molecule has 4 aromatic rings. The van der Waals surface area contributed by atoms with Gasteiger partial charge in [-0.2, -0.15) is 0 Å². The maximum atomic E-state index is 12.7. The molecule has 1 aliphatic heterocycles. The number of rotatable bonds is 3. The average molecular weight is 416 g/mol. The Hall–Kier alpha value is -3.74. The number of ether oxygens (including phenoxy) is 1. The molecule has 2 aromatic carbocycles. The van der Waals surface area contributed by atoms with E-state index >= 15 is 0 Å². The molecule has 0 atom stereocenters. The first-order valence-electron chi connectivity index (χ1n) is 10.2. The van der Waals surface area contributed by atoms with Crippen LogP contribution in [0.1, 0.15) is 39.3 Å². The summed E-state index contributed by atoms with van der Waals surface area (Å²) in [7, 11) is 0. The third kappa shape index (κ3) is 3.22. The van der Waals surface area contributed by atoms with Gasteiger partial charge in [-0.25, -0.2) is 14.6 Å². The summed E-state index contributed by atoms with van der Waals surface area (Å²) in [6.45, 7) is 4.44. The molecular weight excluding hydrogens is 396 g/mol. The molecule has 0 amide bonds. The van der Waals surface area contributed by atoms with E-state index in [9.17, 15) is 14.4 Å². The van der Waals surface area contributed by atoms with E-state index < -0.39 is 11.6 Å². The fraction of sp³-hybridized carbons (Fsp3) is 0.250. The first-order valence-corrected chi connectivity index (χ1v) is 10.2. The molecule has 3 heterocycles. The van der Waals surface area contributed by atoms with Crippen molar-refractivity contribution in [2.24, 2.45) is 0 Å². The Balaban J connectivity index is 1.45. The van der Waals surface area contributed by atoms with Crippen molar-refractivity contribution in [3.63, 3.8) is 0 Å². The van der Waals surface area contributed by atoms with Crippen molar-refractivity contribution in [3.05, 3.63) is 85.3 Å². The lowest BCUT2D eigenvalue weighted by atomic mass is 10.0. The molecule has 0 spiro atoms. The highest BCUT2D eigenvalue weighted by Gasteiger charge is 2.18. The fourth-order valence-corrected chi connectivity index (χ4v) is 4.08. The zero-order valence-corrected chi connectivity index (χ0v) is 17.2. The van der Waals surface area contributed by atoms with E-state index in [1.54, 1.807) is 22.8 Å². The third-order valence-corrected chi connectivity index (χ3v) is 5.93. The minimum absolute atomic E-state index is 0.0677. The summed E-state index contributed by atoms with van der Waals surface area (Å²) < 4.78 is 12.5. The van der Waals surface area contributed by atoms with Crippen molar-refractivity contribution < 1.29 is 13.9 Å². The van der Waals surface area contributed by atoms with E-state index in [2.05, 4.69) is 4.98 Å². The van der Waals surface area contributed by atoms with Crippen LogP contribution >= 0.6 is 0 Å². The van der Waals surface area contributed by atoms with Crippen molar-refractivity contribution >= 4 is 27.8 Å². The Morgan fingerprint density at radius 1 is 1.13 bits per heavy atom. The summed E-state index contributed by atoms with van der Waals surface area (Å²) in [5.74, 6) is 0.200. The Bertz CT molecular complexity index is 1500. The standard InChI is InChI=1S/C24H20N2O5/c1-13-5-7-17-16(11-21(27)31-22(17)14(13)2)12-30-24(29)15-6-8-18-19(10-15)25-20-4-3-9-26(20)23(18)28/h5-8,10-11H,3-4,9,12H2,1-2H3. The molecule has 0 unspecified atom stereocenters. The van der Waals surface area contributed by atoms with Gasteiger partial charge in [0.15, 0.2) is 0 Å². The van der Waals surface area contributed by atoms with Crippen molar-refractivity contribution in [1.82, 2.24) is 9.55 Å². The highest BCUT2D eigenvalue weighted by molar-refractivity contribution is 5.94. The van der Waals surface area contributed by atoms with Crippen LogP contribution in [0.3, 0.4) is 0 Å². The zero-order chi connectivity index (χ0) is 21.7. The summed E-state index contributed by atoms with van der Waals surface area (Å²) in [6.07, 6.45) is 1.65. The lowest BCUT2D eigenvalue weighted by molar-refractivity contribution is 0.0474. The van der Waals surface area contributed by atoms with Gasteiger partial charge in [-0.3, -0.25) is 9.36 Å².